The molecule has 0 aliphatic carbocycles. The van der Waals surface area contributed by atoms with Crippen molar-refractivity contribution in [3.63, 3.8) is 0 Å². The van der Waals surface area contributed by atoms with E-state index in [0.29, 0.717) is 53.1 Å². The van der Waals surface area contributed by atoms with Gasteiger partial charge in [0.1, 0.15) is 12.3 Å². The molecular formula is C22H22FN9O. The Kier molecular flexibility index (Phi) is 4.50. The minimum absolute atomic E-state index is 0.000632. The number of anilines is 4. The van der Waals surface area contributed by atoms with Crippen molar-refractivity contribution < 1.29 is 9.13 Å². The molecule has 0 amide bonds. The Labute approximate surface area is 188 Å². The molecule has 168 valence electrons. The fourth-order valence-corrected chi connectivity index (χ4v) is 4.12. The van der Waals surface area contributed by atoms with Gasteiger partial charge in [0, 0.05) is 54.7 Å². The molecule has 0 atom stereocenters. The van der Waals surface area contributed by atoms with Crippen LogP contribution in [0.4, 0.5) is 27.4 Å². The summed E-state index contributed by atoms with van der Waals surface area (Å²) in [7, 11) is 0. The molecule has 1 fully saturated rings. The lowest BCUT2D eigenvalue weighted by atomic mass is 9.98. The number of hydrogen-bond donors (Lipinski definition) is 4. The fraction of sp³-hybridized carbons (Fsp3) is 0.273. The molecule has 0 spiro atoms. The molecule has 0 bridgehead atoms. The maximum atomic E-state index is 15.3. The Balaban J connectivity index is 1.39. The molecule has 3 aromatic heterocycles. The van der Waals surface area contributed by atoms with E-state index in [1.54, 1.807) is 18.5 Å². The van der Waals surface area contributed by atoms with Gasteiger partial charge in [0.05, 0.1) is 29.1 Å². The number of aromatic nitrogens is 5. The largest absolute Gasteiger partial charge is 0.474 e. The predicted octanol–water partition coefficient (Wildman–Crippen LogP) is 2.61. The third-order valence-electron chi connectivity index (χ3n) is 6.09. The fourth-order valence-electron chi connectivity index (χ4n) is 4.12. The zero-order valence-corrected chi connectivity index (χ0v) is 17.9. The molecule has 0 saturated carbocycles. The van der Waals surface area contributed by atoms with Crippen LogP contribution < -0.4 is 26.4 Å². The number of nitrogen functional groups attached to an aromatic ring is 1. The number of fused-ring (bicyclic) bond motifs is 2. The SMILES string of the molecule is Cc1c(-c2cc3nc(Nc4cnn(C5CNC5)c4)ncc3c(N)c2F)cnc2c1NCCO2. The van der Waals surface area contributed by atoms with Crippen LogP contribution in [-0.2, 0) is 0 Å². The van der Waals surface area contributed by atoms with Gasteiger partial charge in [0.2, 0.25) is 11.8 Å². The average Bonchev–Trinajstić information content (AvgIpc) is 3.23. The normalized spacial score (nSPS) is 15.5. The number of nitrogens with two attached hydrogens (primary N) is 1. The molecule has 6 rings (SSSR count). The summed E-state index contributed by atoms with van der Waals surface area (Å²) in [4.78, 5) is 13.3. The van der Waals surface area contributed by atoms with Gasteiger partial charge in [-0.3, -0.25) is 4.68 Å². The van der Waals surface area contributed by atoms with Gasteiger partial charge in [0.15, 0.2) is 5.82 Å². The Morgan fingerprint density at radius 2 is 2.09 bits per heavy atom. The third-order valence-corrected chi connectivity index (χ3v) is 6.09. The third kappa shape index (κ3) is 3.28. The molecule has 5 N–H and O–H groups in total. The molecule has 0 radical (unpaired) electrons. The second kappa shape index (κ2) is 7.55. The van der Waals surface area contributed by atoms with E-state index < -0.39 is 5.82 Å². The quantitative estimate of drug-likeness (QED) is 0.349. The minimum Gasteiger partial charge on any atom is -0.474 e. The van der Waals surface area contributed by atoms with Crippen LogP contribution >= 0.6 is 0 Å². The van der Waals surface area contributed by atoms with Gasteiger partial charge in [0.25, 0.3) is 0 Å². The molecule has 5 heterocycles. The summed E-state index contributed by atoms with van der Waals surface area (Å²) in [6, 6.07) is 2.04. The van der Waals surface area contributed by atoms with Crippen LogP contribution in [0.3, 0.4) is 0 Å². The van der Waals surface area contributed by atoms with Gasteiger partial charge in [-0.2, -0.15) is 5.10 Å². The van der Waals surface area contributed by atoms with E-state index in [0.717, 1.165) is 30.0 Å². The van der Waals surface area contributed by atoms with Crippen molar-refractivity contribution in [2.75, 3.05) is 42.6 Å². The van der Waals surface area contributed by atoms with E-state index in [1.165, 1.54) is 6.20 Å². The standard InChI is InChI=1S/C22H22FN9O/c1-11-15(8-27-21-20(11)26-2-3-33-21)14-4-17-16(19(24)18(14)23)9-28-22(31-17)30-12-5-29-32(10-12)13-6-25-7-13/h4-5,8-10,13,25-26H,2-3,6-7,24H2,1H3,(H,28,30,31). The first-order chi connectivity index (χ1) is 16.1. The number of pyridine rings is 1. The van der Waals surface area contributed by atoms with E-state index >= 15 is 4.39 Å². The lowest BCUT2D eigenvalue weighted by molar-refractivity contribution is 0.310. The topological polar surface area (TPSA) is 128 Å². The molecular weight excluding hydrogens is 425 g/mol. The molecule has 1 aromatic carbocycles. The summed E-state index contributed by atoms with van der Waals surface area (Å²) < 4.78 is 22.8. The monoisotopic (exact) mass is 447 g/mol. The van der Waals surface area contributed by atoms with E-state index in [4.69, 9.17) is 10.5 Å². The Hall–Kier alpha value is -3.99. The van der Waals surface area contributed by atoms with Gasteiger partial charge in [-0.05, 0) is 18.6 Å². The highest BCUT2D eigenvalue weighted by Gasteiger charge is 2.22. The van der Waals surface area contributed by atoms with E-state index in [9.17, 15) is 0 Å². The molecule has 1 saturated heterocycles. The van der Waals surface area contributed by atoms with E-state index in [1.807, 2.05) is 17.8 Å². The van der Waals surface area contributed by atoms with Crippen LogP contribution in [0, 0.1) is 12.7 Å². The van der Waals surface area contributed by atoms with Crippen LogP contribution in [0.15, 0.2) is 30.9 Å². The number of hydrogen-bond acceptors (Lipinski definition) is 9. The van der Waals surface area contributed by atoms with Crippen molar-refractivity contribution in [3.8, 4) is 17.0 Å². The highest BCUT2D eigenvalue weighted by atomic mass is 19.1. The lowest BCUT2D eigenvalue weighted by Crippen LogP contribution is -2.43. The summed E-state index contributed by atoms with van der Waals surface area (Å²) in [6.45, 7) is 4.91. The second-order valence-corrected chi connectivity index (χ2v) is 8.18. The summed E-state index contributed by atoms with van der Waals surface area (Å²) >= 11 is 0. The summed E-state index contributed by atoms with van der Waals surface area (Å²) in [5, 5.41) is 14.5. The van der Waals surface area contributed by atoms with Crippen molar-refractivity contribution in [3.05, 3.63) is 42.2 Å². The van der Waals surface area contributed by atoms with Crippen molar-refractivity contribution in [2.24, 2.45) is 0 Å². The molecule has 33 heavy (non-hydrogen) atoms. The van der Waals surface area contributed by atoms with E-state index in [2.05, 4.69) is 36.0 Å². The lowest BCUT2D eigenvalue weighted by Gasteiger charge is -2.27. The van der Waals surface area contributed by atoms with Crippen molar-refractivity contribution in [2.45, 2.75) is 13.0 Å². The van der Waals surface area contributed by atoms with E-state index in [-0.39, 0.29) is 5.69 Å². The summed E-state index contributed by atoms with van der Waals surface area (Å²) in [6.07, 6.45) is 6.78. The van der Waals surface area contributed by atoms with Gasteiger partial charge >= 0.3 is 0 Å². The number of ether oxygens (including phenoxy) is 1. The number of nitrogens with zero attached hydrogens (tertiary/aromatic N) is 5. The number of benzene rings is 1. The summed E-state index contributed by atoms with van der Waals surface area (Å²) in [5.74, 6) is 0.369. The highest BCUT2D eigenvalue weighted by Crippen LogP contribution is 2.39. The number of halogens is 1. The zero-order valence-electron chi connectivity index (χ0n) is 17.9. The Bertz CT molecular complexity index is 1380. The van der Waals surface area contributed by atoms with Gasteiger partial charge in [-0.25, -0.2) is 19.3 Å². The average molecular weight is 447 g/mol. The van der Waals surface area contributed by atoms with Gasteiger partial charge in [-0.1, -0.05) is 0 Å². The minimum atomic E-state index is -0.524. The second-order valence-electron chi connectivity index (χ2n) is 8.18. The summed E-state index contributed by atoms with van der Waals surface area (Å²) in [5.41, 5.74) is 10.0. The van der Waals surface area contributed by atoms with Crippen LogP contribution in [0.1, 0.15) is 11.6 Å². The first-order valence-electron chi connectivity index (χ1n) is 10.7. The van der Waals surface area contributed by atoms with Crippen LogP contribution in [0.2, 0.25) is 0 Å². The molecule has 4 aromatic rings. The predicted molar refractivity (Wildman–Crippen MR) is 123 cm³/mol. The molecule has 2 aliphatic rings. The molecule has 0 unspecified atom stereocenters. The molecule has 10 nitrogen and oxygen atoms in total. The maximum Gasteiger partial charge on any atom is 0.237 e. The maximum absolute atomic E-state index is 15.3. The number of nitrogens with one attached hydrogen (secondary N) is 3. The van der Waals surface area contributed by atoms with Gasteiger partial charge < -0.3 is 26.4 Å². The molecule has 2 aliphatic heterocycles. The first-order valence-corrected chi connectivity index (χ1v) is 10.7. The van der Waals surface area contributed by atoms with Crippen molar-refractivity contribution >= 4 is 33.9 Å². The molecule has 11 heteroatoms. The Morgan fingerprint density at radius 3 is 2.91 bits per heavy atom. The van der Waals surface area contributed by atoms with Crippen molar-refractivity contribution in [1.82, 2.24) is 30.0 Å². The smallest absolute Gasteiger partial charge is 0.237 e. The van der Waals surface area contributed by atoms with Crippen LogP contribution in [-0.4, -0.2) is 51.0 Å². The first kappa shape index (κ1) is 19.7. The zero-order chi connectivity index (χ0) is 22.5. The van der Waals surface area contributed by atoms with Gasteiger partial charge in [-0.15, -0.1) is 0 Å². The van der Waals surface area contributed by atoms with Crippen LogP contribution in [0.5, 0.6) is 5.88 Å². The van der Waals surface area contributed by atoms with Crippen LogP contribution in [0.25, 0.3) is 22.0 Å². The Morgan fingerprint density at radius 1 is 1.21 bits per heavy atom. The van der Waals surface area contributed by atoms with Crippen molar-refractivity contribution in [1.29, 1.82) is 0 Å². The number of rotatable bonds is 4. The highest BCUT2D eigenvalue weighted by molar-refractivity contribution is 5.96.